The van der Waals surface area contributed by atoms with Crippen molar-refractivity contribution in [3.63, 3.8) is 0 Å². The Labute approximate surface area is 203 Å². The van der Waals surface area contributed by atoms with Crippen LogP contribution in [-0.4, -0.2) is 57.9 Å². The Morgan fingerprint density at radius 2 is 1.54 bits per heavy atom. The number of amides is 1. The number of nitrogens with one attached hydrogen (secondary N) is 1. The van der Waals surface area contributed by atoms with E-state index in [2.05, 4.69) is 10.1 Å². The molecule has 0 atom stereocenters. The van der Waals surface area contributed by atoms with Crippen LogP contribution in [0.2, 0.25) is 0 Å². The highest BCUT2D eigenvalue weighted by atomic mass is 32.2. The molecule has 1 heterocycles. The zero-order valence-electron chi connectivity index (χ0n) is 19.0. The van der Waals surface area contributed by atoms with Gasteiger partial charge < -0.3 is 15.0 Å². The van der Waals surface area contributed by atoms with E-state index in [4.69, 9.17) is 0 Å². The molecule has 1 fully saturated rings. The van der Waals surface area contributed by atoms with E-state index in [-0.39, 0.29) is 34.9 Å². The molecule has 1 saturated heterocycles. The number of carbonyl (C=O) groups excluding carboxylic acids is 2. The minimum Gasteiger partial charge on any atom is -0.465 e. The maximum atomic E-state index is 13.2. The zero-order valence-corrected chi connectivity index (χ0v) is 19.8. The molecule has 0 saturated carbocycles. The van der Waals surface area contributed by atoms with Crippen molar-refractivity contribution in [1.29, 1.82) is 0 Å². The second kappa shape index (κ2) is 10.2. The number of carbonyl (C=O) groups is 2. The first kappa shape index (κ1) is 24.4. The van der Waals surface area contributed by atoms with E-state index in [0.29, 0.717) is 18.8 Å². The number of anilines is 2. The third kappa shape index (κ3) is 5.50. The number of methoxy groups -OCH3 is 1. The fourth-order valence-corrected chi connectivity index (χ4v) is 5.30. The van der Waals surface area contributed by atoms with Crippen LogP contribution in [0, 0.1) is 5.82 Å². The molecule has 1 aliphatic rings. The lowest BCUT2D eigenvalue weighted by Crippen LogP contribution is -2.48. The van der Waals surface area contributed by atoms with Gasteiger partial charge in [-0.3, -0.25) is 4.79 Å². The molecule has 0 aromatic heterocycles. The zero-order chi connectivity index (χ0) is 25.0. The Bertz CT molecular complexity index is 1340. The van der Waals surface area contributed by atoms with Gasteiger partial charge in [0.15, 0.2) is 0 Å². The van der Waals surface area contributed by atoms with Gasteiger partial charge in [0.25, 0.3) is 5.91 Å². The van der Waals surface area contributed by atoms with E-state index in [0.717, 1.165) is 5.69 Å². The lowest BCUT2D eigenvalue weighted by molar-refractivity contribution is 0.0600. The number of benzene rings is 3. The minimum atomic E-state index is -3.82. The highest BCUT2D eigenvalue weighted by Gasteiger charge is 2.29. The highest BCUT2D eigenvalue weighted by molar-refractivity contribution is 7.89. The summed E-state index contributed by atoms with van der Waals surface area (Å²) < 4.78 is 45.7. The quantitative estimate of drug-likeness (QED) is 0.525. The van der Waals surface area contributed by atoms with Crippen LogP contribution < -0.4 is 10.2 Å². The average Bonchev–Trinajstić information content (AvgIpc) is 2.89. The number of nitrogens with zero attached hydrogens (tertiary/aromatic N) is 2. The molecule has 0 aliphatic carbocycles. The molecule has 4 rings (SSSR count). The molecule has 10 heteroatoms. The summed E-state index contributed by atoms with van der Waals surface area (Å²) in [6.45, 7) is 1.44. The molecule has 3 aromatic rings. The fraction of sp³-hybridized carbons (Fsp3) is 0.200. The van der Waals surface area contributed by atoms with Crippen LogP contribution in [0.1, 0.15) is 20.7 Å². The summed E-state index contributed by atoms with van der Waals surface area (Å²) in [4.78, 5) is 26.5. The average molecular weight is 498 g/mol. The van der Waals surface area contributed by atoms with Crippen molar-refractivity contribution in [3.8, 4) is 0 Å². The van der Waals surface area contributed by atoms with Crippen LogP contribution in [0.25, 0.3) is 0 Å². The van der Waals surface area contributed by atoms with Gasteiger partial charge in [-0.2, -0.15) is 4.31 Å². The van der Waals surface area contributed by atoms with Crippen molar-refractivity contribution in [2.75, 3.05) is 43.5 Å². The molecule has 8 nitrogen and oxygen atoms in total. The van der Waals surface area contributed by atoms with Crippen LogP contribution in [0.3, 0.4) is 0 Å². The van der Waals surface area contributed by atoms with Gasteiger partial charge in [0.1, 0.15) is 5.82 Å². The Hall–Kier alpha value is -3.76. The summed E-state index contributed by atoms with van der Waals surface area (Å²) in [5.74, 6) is -1.37. The topological polar surface area (TPSA) is 96.0 Å². The Morgan fingerprint density at radius 1 is 0.886 bits per heavy atom. The molecule has 1 amide bonds. The van der Waals surface area contributed by atoms with E-state index in [1.165, 1.54) is 53.9 Å². The summed E-state index contributed by atoms with van der Waals surface area (Å²) in [5, 5.41) is 2.68. The van der Waals surface area contributed by atoms with E-state index in [1.54, 1.807) is 30.3 Å². The van der Waals surface area contributed by atoms with Crippen LogP contribution in [0.4, 0.5) is 15.8 Å². The van der Waals surface area contributed by atoms with Crippen molar-refractivity contribution >= 4 is 33.3 Å². The van der Waals surface area contributed by atoms with Crippen molar-refractivity contribution in [1.82, 2.24) is 4.31 Å². The molecule has 1 aliphatic heterocycles. The number of hydrogen-bond acceptors (Lipinski definition) is 6. The molecule has 3 aromatic carbocycles. The van der Waals surface area contributed by atoms with Crippen molar-refractivity contribution in [2.24, 2.45) is 0 Å². The fourth-order valence-electron chi connectivity index (χ4n) is 3.83. The smallest absolute Gasteiger partial charge is 0.337 e. The third-order valence-corrected chi connectivity index (χ3v) is 7.60. The molecular weight excluding hydrogens is 473 g/mol. The largest absolute Gasteiger partial charge is 0.465 e. The summed E-state index contributed by atoms with van der Waals surface area (Å²) in [6, 6.07) is 18.2. The van der Waals surface area contributed by atoms with E-state index in [9.17, 15) is 22.4 Å². The van der Waals surface area contributed by atoms with Crippen LogP contribution in [-0.2, 0) is 14.8 Å². The SMILES string of the molecule is COC(=O)c1cccc(NC(=O)c2cccc(S(=O)(=O)N3CCN(c4ccc(F)cc4)CC3)c2)c1. The van der Waals surface area contributed by atoms with E-state index < -0.39 is 21.9 Å². The summed E-state index contributed by atoms with van der Waals surface area (Å²) in [6.07, 6.45) is 0. The standard InChI is InChI=1S/C25H24FN3O5S/c1-34-25(31)19-5-2-6-21(16-19)27-24(30)18-4-3-7-23(17-18)35(32,33)29-14-12-28(13-15-29)22-10-8-20(26)9-11-22/h2-11,16-17H,12-15H2,1H3,(H,27,30). The molecule has 0 bridgehead atoms. The minimum absolute atomic E-state index is 0.0173. The van der Waals surface area contributed by atoms with Crippen molar-refractivity contribution in [2.45, 2.75) is 4.90 Å². The molecule has 1 N–H and O–H groups in total. The summed E-state index contributed by atoms with van der Waals surface area (Å²) >= 11 is 0. The van der Waals surface area contributed by atoms with Gasteiger partial charge in [0.2, 0.25) is 10.0 Å². The lowest BCUT2D eigenvalue weighted by atomic mass is 10.1. The number of halogens is 1. The molecule has 0 unspecified atom stereocenters. The van der Waals surface area contributed by atoms with Crippen molar-refractivity contribution < 1.29 is 27.1 Å². The molecule has 0 radical (unpaired) electrons. The molecule has 182 valence electrons. The number of esters is 1. The second-order valence-electron chi connectivity index (χ2n) is 7.92. The Kier molecular flexibility index (Phi) is 7.13. The predicted molar refractivity (Wildman–Crippen MR) is 130 cm³/mol. The van der Waals surface area contributed by atoms with E-state index >= 15 is 0 Å². The number of sulfonamides is 1. The van der Waals surface area contributed by atoms with Crippen LogP contribution in [0.15, 0.2) is 77.7 Å². The first-order valence-corrected chi connectivity index (χ1v) is 12.3. The maximum Gasteiger partial charge on any atom is 0.337 e. The number of ether oxygens (including phenoxy) is 1. The van der Waals surface area contributed by atoms with Crippen molar-refractivity contribution in [3.05, 3.63) is 89.7 Å². The van der Waals surface area contributed by atoms with Gasteiger partial charge in [-0.15, -0.1) is 0 Å². The molecule has 35 heavy (non-hydrogen) atoms. The predicted octanol–water partition coefficient (Wildman–Crippen LogP) is 3.38. The number of hydrogen-bond donors (Lipinski definition) is 1. The van der Waals surface area contributed by atoms with Gasteiger partial charge in [-0.1, -0.05) is 12.1 Å². The monoisotopic (exact) mass is 497 g/mol. The lowest BCUT2D eigenvalue weighted by Gasteiger charge is -2.35. The second-order valence-corrected chi connectivity index (χ2v) is 9.86. The number of rotatable bonds is 6. The van der Waals surface area contributed by atoms with Gasteiger partial charge in [0, 0.05) is 43.1 Å². The normalized spacial score (nSPS) is 14.4. The first-order chi connectivity index (χ1) is 16.8. The summed E-state index contributed by atoms with van der Waals surface area (Å²) in [5.41, 5.74) is 1.65. The van der Waals surface area contributed by atoms with Crippen LogP contribution in [0.5, 0.6) is 0 Å². The number of piperazine rings is 1. The van der Waals surface area contributed by atoms with Crippen LogP contribution >= 0.6 is 0 Å². The molecule has 0 spiro atoms. The van der Waals surface area contributed by atoms with Gasteiger partial charge in [-0.05, 0) is 60.7 Å². The van der Waals surface area contributed by atoms with Gasteiger partial charge in [-0.25, -0.2) is 17.6 Å². The van der Waals surface area contributed by atoms with E-state index in [1.807, 2.05) is 4.90 Å². The third-order valence-electron chi connectivity index (χ3n) is 5.71. The van der Waals surface area contributed by atoms with Gasteiger partial charge in [0.05, 0.1) is 17.6 Å². The van der Waals surface area contributed by atoms with Gasteiger partial charge >= 0.3 is 5.97 Å². The summed E-state index contributed by atoms with van der Waals surface area (Å²) in [7, 11) is -2.55. The first-order valence-electron chi connectivity index (χ1n) is 10.9. The Morgan fingerprint density at radius 3 is 2.23 bits per heavy atom. The Balaban J connectivity index is 1.45. The molecular formula is C25H24FN3O5S. The highest BCUT2D eigenvalue weighted by Crippen LogP contribution is 2.23. The maximum absolute atomic E-state index is 13.2.